The molecule has 0 spiro atoms. The number of phenols is 2. The highest BCUT2D eigenvalue weighted by molar-refractivity contribution is 5.81. The van der Waals surface area contributed by atoms with Crippen LogP contribution in [0.1, 0.15) is 23.1 Å². The number of carbonyl (C=O) groups is 1. The van der Waals surface area contributed by atoms with Gasteiger partial charge in [-0.2, -0.15) is 0 Å². The predicted molar refractivity (Wildman–Crippen MR) is 124 cm³/mol. The van der Waals surface area contributed by atoms with Gasteiger partial charge >= 0.3 is 0 Å². The third kappa shape index (κ3) is 5.49. The van der Waals surface area contributed by atoms with E-state index in [1.54, 1.807) is 42.6 Å². The number of hydrogen-bond acceptors (Lipinski definition) is 5. The average molecular weight is 428 g/mol. The molecule has 0 fully saturated rings. The molecule has 6 heteroatoms. The van der Waals surface area contributed by atoms with E-state index in [9.17, 15) is 15.0 Å². The number of hydrogen-bond donors (Lipinski definition) is 5. The molecule has 3 aromatic rings. The summed E-state index contributed by atoms with van der Waals surface area (Å²) in [6.07, 6.45) is 3.51. The van der Waals surface area contributed by atoms with Crippen LogP contribution in [-0.2, 0) is 17.6 Å². The summed E-state index contributed by atoms with van der Waals surface area (Å²) in [6, 6.07) is 23.7. The molecule has 5 N–H and O–H groups in total. The smallest absolute Gasteiger partial charge is 0.229 e. The molecule has 0 saturated heterocycles. The van der Waals surface area contributed by atoms with Gasteiger partial charge < -0.3 is 26.2 Å². The number of aryl methyl sites for hydroxylation is 1. The Labute approximate surface area is 186 Å². The Balaban J connectivity index is 1.50. The van der Waals surface area contributed by atoms with E-state index in [1.165, 1.54) is 5.56 Å². The van der Waals surface area contributed by atoms with Crippen molar-refractivity contribution in [1.82, 2.24) is 16.0 Å². The summed E-state index contributed by atoms with van der Waals surface area (Å²) < 4.78 is 0. The zero-order valence-electron chi connectivity index (χ0n) is 17.5. The van der Waals surface area contributed by atoms with Crippen molar-refractivity contribution < 1.29 is 15.0 Å². The summed E-state index contributed by atoms with van der Waals surface area (Å²) >= 11 is 0. The van der Waals surface area contributed by atoms with Gasteiger partial charge in [-0.1, -0.05) is 42.5 Å². The van der Waals surface area contributed by atoms with E-state index < -0.39 is 0 Å². The Bertz CT molecular complexity index is 1140. The number of carbonyl (C=O) groups excluding carboxylic acids is 1. The summed E-state index contributed by atoms with van der Waals surface area (Å²) in [4.78, 5) is 12.7. The zero-order valence-corrected chi connectivity index (χ0v) is 17.5. The van der Waals surface area contributed by atoms with Gasteiger partial charge in [-0.05, 0) is 65.9 Å². The number of phenolic OH excluding ortho intramolecular Hbond substituents is 2. The summed E-state index contributed by atoms with van der Waals surface area (Å²) in [5, 5.41) is 28.6. The molecule has 1 aliphatic rings. The van der Waals surface area contributed by atoms with E-state index >= 15 is 0 Å². The molecule has 162 valence electrons. The van der Waals surface area contributed by atoms with Crippen LogP contribution in [0, 0.1) is 0 Å². The first-order valence-electron chi connectivity index (χ1n) is 10.4. The number of allylic oxidation sites excluding steroid dienone is 1. The fourth-order valence-electron chi connectivity index (χ4n) is 3.48. The summed E-state index contributed by atoms with van der Waals surface area (Å²) in [5.41, 5.74) is 4.66. The normalized spacial score (nSPS) is 13.1. The summed E-state index contributed by atoms with van der Waals surface area (Å²) in [6.45, 7) is 0. The first kappa shape index (κ1) is 21.1. The Morgan fingerprint density at radius 2 is 1.44 bits per heavy atom. The minimum atomic E-state index is -0.154. The number of nitrogens with one attached hydrogen (secondary N) is 3. The maximum Gasteiger partial charge on any atom is 0.229 e. The number of benzene rings is 3. The fraction of sp³-hybridized carbons (Fsp3) is 0.115. The molecule has 32 heavy (non-hydrogen) atoms. The topological polar surface area (TPSA) is 93.6 Å². The second-order valence-corrected chi connectivity index (χ2v) is 7.60. The molecule has 0 bridgehead atoms. The van der Waals surface area contributed by atoms with Gasteiger partial charge in [-0.25, -0.2) is 0 Å². The molecule has 0 radical (unpaired) electrons. The van der Waals surface area contributed by atoms with Crippen LogP contribution in [0.2, 0.25) is 0 Å². The monoisotopic (exact) mass is 427 g/mol. The molecule has 3 aromatic carbocycles. The lowest BCUT2D eigenvalue weighted by Gasteiger charge is -2.25. The van der Waals surface area contributed by atoms with Crippen LogP contribution in [-0.4, -0.2) is 16.1 Å². The molecule has 6 nitrogen and oxygen atoms in total. The lowest BCUT2D eigenvalue weighted by Crippen LogP contribution is -2.37. The van der Waals surface area contributed by atoms with Crippen LogP contribution in [0.5, 0.6) is 11.5 Å². The maximum atomic E-state index is 12.7. The van der Waals surface area contributed by atoms with Crippen LogP contribution in [0.25, 0.3) is 5.70 Å². The van der Waals surface area contributed by atoms with Gasteiger partial charge in [0, 0.05) is 6.20 Å². The van der Waals surface area contributed by atoms with Crippen molar-refractivity contribution in [2.45, 2.75) is 19.3 Å². The van der Waals surface area contributed by atoms with Crippen LogP contribution < -0.4 is 16.0 Å². The van der Waals surface area contributed by atoms with Gasteiger partial charge in [-0.3, -0.25) is 4.79 Å². The van der Waals surface area contributed by atoms with Crippen molar-refractivity contribution in [2.24, 2.45) is 0 Å². The lowest BCUT2D eigenvalue weighted by molar-refractivity contribution is -0.119. The van der Waals surface area contributed by atoms with Gasteiger partial charge in [0.1, 0.15) is 17.3 Å². The van der Waals surface area contributed by atoms with E-state index in [4.69, 9.17) is 0 Å². The van der Waals surface area contributed by atoms with Crippen molar-refractivity contribution in [1.29, 1.82) is 0 Å². The molecule has 1 heterocycles. The molecule has 0 aromatic heterocycles. The second kappa shape index (κ2) is 9.75. The lowest BCUT2D eigenvalue weighted by atomic mass is 10.1. The highest BCUT2D eigenvalue weighted by Gasteiger charge is 2.17. The minimum absolute atomic E-state index is 0.154. The van der Waals surface area contributed by atoms with E-state index in [0.29, 0.717) is 12.2 Å². The highest BCUT2D eigenvalue weighted by Crippen LogP contribution is 2.21. The Morgan fingerprint density at radius 1 is 0.781 bits per heavy atom. The molecule has 4 rings (SSSR count). The highest BCUT2D eigenvalue weighted by atomic mass is 16.3. The van der Waals surface area contributed by atoms with Crippen LogP contribution in [0.15, 0.2) is 96.6 Å². The van der Waals surface area contributed by atoms with Crippen LogP contribution in [0.4, 0.5) is 0 Å². The van der Waals surface area contributed by atoms with Gasteiger partial charge in [-0.15, -0.1) is 0 Å². The predicted octanol–water partition coefficient (Wildman–Crippen LogP) is 3.75. The number of amides is 1. The van der Waals surface area contributed by atoms with E-state index in [2.05, 4.69) is 28.1 Å². The Kier molecular flexibility index (Phi) is 6.41. The van der Waals surface area contributed by atoms with Crippen molar-refractivity contribution in [3.05, 3.63) is 113 Å². The Hall–Kier alpha value is -4.19. The summed E-state index contributed by atoms with van der Waals surface area (Å²) in [7, 11) is 0. The van der Waals surface area contributed by atoms with E-state index in [-0.39, 0.29) is 23.8 Å². The molecular weight excluding hydrogens is 402 g/mol. The first-order chi connectivity index (χ1) is 15.6. The van der Waals surface area contributed by atoms with E-state index in [0.717, 1.165) is 28.9 Å². The quantitative estimate of drug-likeness (QED) is 0.396. The average Bonchev–Trinajstić information content (AvgIpc) is 2.81. The van der Waals surface area contributed by atoms with Crippen molar-refractivity contribution in [3.8, 4) is 11.5 Å². The van der Waals surface area contributed by atoms with Crippen molar-refractivity contribution in [3.63, 3.8) is 0 Å². The third-order valence-corrected chi connectivity index (χ3v) is 5.20. The fourth-order valence-corrected chi connectivity index (χ4v) is 3.48. The molecule has 0 unspecified atom stereocenters. The largest absolute Gasteiger partial charge is 0.508 e. The molecule has 0 saturated carbocycles. The number of aromatic hydroxyl groups is 2. The first-order valence-corrected chi connectivity index (χ1v) is 10.4. The maximum absolute atomic E-state index is 12.7. The minimum Gasteiger partial charge on any atom is -0.508 e. The molecular formula is C26H25N3O3. The zero-order chi connectivity index (χ0) is 22.3. The molecule has 1 aliphatic heterocycles. The van der Waals surface area contributed by atoms with Crippen LogP contribution >= 0.6 is 0 Å². The summed E-state index contributed by atoms with van der Waals surface area (Å²) in [5.74, 6) is 0.844. The Morgan fingerprint density at radius 3 is 2.12 bits per heavy atom. The van der Waals surface area contributed by atoms with Gasteiger partial charge in [0.15, 0.2) is 0 Å². The second-order valence-electron chi connectivity index (χ2n) is 7.60. The van der Waals surface area contributed by atoms with Crippen molar-refractivity contribution >= 4 is 11.6 Å². The van der Waals surface area contributed by atoms with Gasteiger partial charge in [0.2, 0.25) is 5.91 Å². The van der Waals surface area contributed by atoms with Crippen LogP contribution in [0.3, 0.4) is 0 Å². The van der Waals surface area contributed by atoms with Crippen molar-refractivity contribution in [2.75, 3.05) is 0 Å². The van der Waals surface area contributed by atoms with Gasteiger partial charge in [0.25, 0.3) is 0 Å². The van der Waals surface area contributed by atoms with E-state index in [1.807, 2.05) is 30.3 Å². The standard InChI is InChI=1S/C26H25N3O3/c30-21-11-6-19(7-12-21)16-25(32)29-26-23(15-8-18-4-2-1-3-5-18)28-24(17-27-26)20-9-13-22(31)14-10-20/h1-7,9-14,17,27-28,30-31H,8,15-16H2,(H,29,32). The third-order valence-electron chi connectivity index (χ3n) is 5.20. The molecule has 0 aliphatic carbocycles. The number of rotatable bonds is 7. The van der Waals surface area contributed by atoms with Gasteiger partial charge in [0.05, 0.1) is 17.8 Å². The SMILES string of the molecule is O=C(Cc1ccc(O)cc1)NC1=C(CCc2ccccc2)NC(c2ccc(O)cc2)=CN1. The molecule has 1 amide bonds. The molecule has 0 atom stereocenters.